The van der Waals surface area contributed by atoms with Gasteiger partial charge in [0.15, 0.2) is 0 Å². The lowest BCUT2D eigenvalue weighted by Crippen LogP contribution is -2.21. The Morgan fingerprint density at radius 2 is 1.36 bits per heavy atom. The molecule has 1 aromatic heterocycles. The summed E-state index contributed by atoms with van der Waals surface area (Å²) in [4.78, 5) is 11.2. The Kier molecular flexibility index (Phi) is 6.07. The molecule has 0 bridgehead atoms. The van der Waals surface area contributed by atoms with E-state index in [0.29, 0.717) is 17.2 Å². The molecule has 142 valence electrons. The molecule has 2 aromatic carbocycles. The number of aryl methyl sites for hydroxylation is 1. The van der Waals surface area contributed by atoms with Crippen molar-refractivity contribution in [3.63, 3.8) is 0 Å². The molecule has 0 saturated heterocycles. The van der Waals surface area contributed by atoms with Gasteiger partial charge >= 0.3 is 0 Å². The van der Waals surface area contributed by atoms with Crippen molar-refractivity contribution in [2.45, 2.75) is 20.8 Å². The third-order valence-corrected chi connectivity index (χ3v) is 4.39. The van der Waals surface area contributed by atoms with E-state index in [1.54, 1.807) is 12.1 Å². The normalized spacial score (nSPS) is 10.2. The first kappa shape index (κ1) is 19.2. The predicted octanol–water partition coefficient (Wildman–Crippen LogP) is 4.99. The summed E-state index contributed by atoms with van der Waals surface area (Å²) in [5, 5.41) is 15.5. The average molecular weight is 372 g/mol. The zero-order valence-electron chi connectivity index (χ0n) is 16.4. The number of anilines is 5. The summed E-state index contributed by atoms with van der Waals surface area (Å²) in [5.41, 5.74) is 3.67. The van der Waals surface area contributed by atoms with Gasteiger partial charge in [0.2, 0.25) is 0 Å². The SMILES string of the molecule is CCN(CC)c1ccc(Nc2cc(Nc3ccc(C#N)cc3)nc(C)n2)cc1. The van der Waals surface area contributed by atoms with Crippen LogP contribution in [0, 0.1) is 18.3 Å². The van der Waals surface area contributed by atoms with E-state index in [1.807, 2.05) is 25.1 Å². The Hall–Kier alpha value is -3.59. The molecule has 0 fully saturated rings. The van der Waals surface area contributed by atoms with Crippen molar-refractivity contribution in [1.29, 1.82) is 5.26 Å². The smallest absolute Gasteiger partial charge is 0.136 e. The summed E-state index contributed by atoms with van der Waals surface area (Å²) in [5.74, 6) is 2.08. The predicted molar refractivity (Wildman–Crippen MR) is 114 cm³/mol. The van der Waals surface area contributed by atoms with Gasteiger partial charge < -0.3 is 15.5 Å². The first-order valence-electron chi connectivity index (χ1n) is 9.36. The summed E-state index contributed by atoms with van der Waals surface area (Å²) >= 11 is 0. The first-order chi connectivity index (χ1) is 13.6. The maximum atomic E-state index is 8.90. The average Bonchev–Trinajstić information content (AvgIpc) is 2.70. The standard InChI is InChI=1S/C22H24N6/c1-4-28(5-2)20-12-10-19(11-13-20)27-22-14-21(24-16(3)25-22)26-18-8-6-17(15-23)7-9-18/h6-14H,4-5H2,1-3H3,(H2,24,25,26,27). The minimum absolute atomic E-state index is 0.625. The molecule has 0 aliphatic carbocycles. The largest absolute Gasteiger partial charge is 0.372 e. The van der Waals surface area contributed by atoms with Gasteiger partial charge in [-0.05, 0) is 69.3 Å². The molecule has 3 aromatic rings. The van der Waals surface area contributed by atoms with Crippen LogP contribution in [-0.2, 0) is 0 Å². The van der Waals surface area contributed by atoms with Crippen molar-refractivity contribution in [2.24, 2.45) is 0 Å². The highest BCUT2D eigenvalue weighted by molar-refractivity contribution is 5.65. The van der Waals surface area contributed by atoms with E-state index in [9.17, 15) is 0 Å². The lowest BCUT2D eigenvalue weighted by molar-refractivity contribution is 0.866. The molecule has 0 aliphatic heterocycles. The Labute approximate surface area is 165 Å². The molecule has 28 heavy (non-hydrogen) atoms. The molecule has 0 atom stereocenters. The lowest BCUT2D eigenvalue weighted by atomic mass is 10.2. The number of benzene rings is 2. The maximum Gasteiger partial charge on any atom is 0.136 e. The molecule has 0 saturated carbocycles. The van der Waals surface area contributed by atoms with Crippen LogP contribution in [0.1, 0.15) is 25.2 Å². The van der Waals surface area contributed by atoms with Crippen LogP contribution in [0.5, 0.6) is 0 Å². The second-order valence-electron chi connectivity index (χ2n) is 6.34. The van der Waals surface area contributed by atoms with Crippen molar-refractivity contribution in [2.75, 3.05) is 28.6 Å². The molecule has 3 rings (SSSR count). The van der Waals surface area contributed by atoms with E-state index in [1.165, 1.54) is 5.69 Å². The number of hydrogen-bond donors (Lipinski definition) is 2. The Morgan fingerprint density at radius 1 is 0.857 bits per heavy atom. The van der Waals surface area contributed by atoms with E-state index in [2.05, 4.69) is 69.7 Å². The van der Waals surface area contributed by atoms with Gasteiger partial charge in [-0.1, -0.05) is 0 Å². The molecule has 2 N–H and O–H groups in total. The maximum absolute atomic E-state index is 8.90. The molecule has 6 heteroatoms. The number of aromatic nitrogens is 2. The van der Waals surface area contributed by atoms with Crippen LogP contribution >= 0.6 is 0 Å². The molecule has 6 nitrogen and oxygen atoms in total. The molecule has 0 unspecified atom stereocenters. The van der Waals surface area contributed by atoms with Crippen LogP contribution < -0.4 is 15.5 Å². The van der Waals surface area contributed by atoms with Crippen LogP contribution in [0.4, 0.5) is 28.7 Å². The van der Waals surface area contributed by atoms with Gasteiger partial charge in [0.1, 0.15) is 17.5 Å². The van der Waals surface area contributed by atoms with Gasteiger partial charge in [0.05, 0.1) is 11.6 Å². The number of nitrogens with one attached hydrogen (secondary N) is 2. The number of nitrogens with zero attached hydrogens (tertiary/aromatic N) is 4. The van der Waals surface area contributed by atoms with E-state index in [0.717, 1.165) is 30.3 Å². The Bertz CT molecular complexity index is 954. The molecule has 0 radical (unpaired) electrons. The first-order valence-corrected chi connectivity index (χ1v) is 9.36. The van der Waals surface area contributed by atoms with Gasteiger partial charge in [-0.2, -0.15) is 5.26 Å². The Morgan fingerprint density at radius 3 is 1.82 bits per heavy atom. The van der Waals surface area contributed by atoms with Crippen LogP contribution in [0.15, 0.2) is 54.6 Å². The monoisotopic (exact) mass is 372 g/mol. The highest BCUT2D eigenvalue weighted by Gasteiger charge is 2.05. The van der Waals surface area contributed by atoms with Gasteiger partial charge in [0.25, 0.3) is 0 Å². The highest BCUT2D eigenvalue weighted by Crippen LogP contribution is 2.23. The van der Waals surface area contributed by atoms with Crippen LogP contribution in [-0.4, -0.2) is 23.1 Å². The van der Waals surface area contributed by atoms with Crippen molar-refractivity contribution in [1.82, 2.24) is 9.97 Å². The number of rotatable bonds is 7. The molecule has 0 aliphatic rings. The van der Waals surface area contributed by atoms with Crippen molar-refractivity contribution in [3.05, 3.63) is 66.0 Å². The van der Waals surface area contributed by atoms with Crippen LogP contribution in [0.2, 0.25) is 0 Å². The third-order valence-electron chi connectivity index (χ3n) is 4.39. The fourth-order valence-corrected chi connectivity index (χ4v) is 2.96. The molecular formula is C22H24N6. The number of nitriles is 1. The van der Waals surface area contributed by atoms with Crippen molar-refractivity contribution in [3.8, 4) is 6.07 Å². The quantitative estimate of drug-likeness (QED) is 0.608. The van der Waals surface area contributed by atoms with Crippen molar-refractivity contribution >= 4 is 28.7 Å². The summed E-state index contributed by atoms with van der Waals surface area (Å²) in [6.07, 6.45) is 0. The van der Waals surface area contributed by atoms with Gasteiger partial charge in [-0.15, -0.1) is 0 Å². The fraction of sp³-hybridized carbons (Fsp3) is 0.227. The van der Waals surface area contributed by atoms with Gasteiger partial charge in [-0.3, -0.25) is 0 Å². The number of hydrogen-bond acceptors (Lipinski definition) is 6. The Balaban J connectivity index is 1.75. The second kappa shape index (κ2) is 8.87. The van der Waals surface area contributed by atoms with E-state index >= 15 is 0 Å². The van der Waals surface area contributed by atoms with E-state index in [-0.39, 0.29) is 0 Å². The van der Waals surface area contributed by atoms with E-state index in [4.69, 9.17) is 5.26 Å². The molecular weight excluding hydrogens is 348 g/mol. The fourth-order valence-electron chi connectivity index (χ4n) is 2.96. The zero-order valence-corrected chi connectivity index (χ0v) is 16.4. The second-order valence-corrected chi connectivity index (χ2v) is 6.34. The zero-order chi connectivity index (χ0) is 19.9. The lowest BCUT2D eigenvalue weighted by Gasteiger charge is -2.21. The van der Waals surface area contributed by atoms with E-state index < -0.39 is 0 Å². The van der Waals surface area contributed by atoms with Crippen molar-refractivity contribution < 1.29 is 0 Å². The van der Waals surface area contributed by atoms with Gasteiger partial charge in [-0.25, -0.2) is 9.97 Å². The topological polar surface area (TPSA) is 76.9 Å². The van der Waals surface area contributed by atoms with Crippen LogP contribution in [0.25, 0.3) is 0 Å². The highest BCUT2D eigenvalue weighted by atomic mass is 15.1. The third kappa shape index (κ3) is 4.77. The van der Waals surface area contributed by atoms with Gasteiger partial charge in [0, 0.05) is 36.2 Å². The summed E-state index contributed by atoms with van der Waals surface area (Å²) < 4.78 is 0. The molecule has 0 amide bonds. The minimum atomic E-state index is 0.625. The summed E-state index contributed by atoms with van der Waals surface area (Å²) in [6.45, 7) is 8.14. The molecule has 0 spiro atoms. The summed E-state index contributed by atoms with van der Waals surface area (Å²) in [6, 6.07) is 19.6. The molecule has 1 heterocycles. The van der Waals surface area contributed by atoms with Crippen LogP contribution in [0.3, 0.4) is 0 Å². The minimum Gasteiger partial charge on any atom is -0.372 e. The summed E-state index contributed by atoms with van der Waals surface area (Å²) in [7, 11) is 0.